The minimum absolute atomic E-state index is 0.0234. The zero-order chi connectivity index (χ0) is 24.9. The molecule has 9 heteroatoms. The first-order valence-corrected chi connectivity index (χ1v) is 12.4. The van der Waals surface area contributed by atoms with E-state index in [-0.39, 0.29) is 25.7 Å². The van der Waals surface area contributed by atoms with Crippen LogP contribution in [0.2, 0.25) is 0 Å². The van der Waals surface area contributed by atoms with Gasteiger partial charge in [-0.25, -0.2) is 9.59 Å². The quantitative estimate of drug-likeness (QED) is 0.294. The number of alkyl carbamates (subject to hydrolysis) is 1. The number of carbonyl (C=O) groups is 2. The van der Waals surface area contributed by atoms with Crippen LogP contribution >= 0.6 is 15.9 Å². The summed E-state index contributed by atoms with van der Waals surface area (Å²) in [4.78, 5) is 34.1. The molecular weight excluding hydrogens is 526 g/mol. The second-order valence-corrected chi connectivity index (χ2v) is 9.46. The number of fused-ring (bicyclic) bond motifs is 2. The number of benzene rings is 3. The standard InChI is InChI=1S/C27H24BrN3O5/c28-25-13-21(36-31-25)16-34-26(32)24(12-20-14-29-23-8-4-3-7-22(20)23)30-27(33)35-15-17-9-10-18-5-1-2-6-19(18)11-17/h1-11,14,21,24,29H,12-13,15-16H2,(H,30,33)/t21-,24+/m1/s1. The molecule has 1 aliphatic rings. The van der Waals surface area contributed by atoms with Crippen LogP contribution in [0.3, 0.4) is 0 Å². The lowest BCUT2D eigenvalue weighted by molar-refractivity contribution is -0.149. The van der Waals surface area contributed by atoms with Crippen LogP contribution in [0.1, 0.15) is 17.5 Å². The molecule has 1 amide bonds. The number of halogens is 1. The predicted molar refractivity (Wildman–Crippen MR) is 140 cm³/mol. The summed E-state index contributed by atoms with van der Waals surface area (Å²) in [5.41, 5.74) is 2.67. The van der Waals surface area contributed by atoms with Gasteiger partial charge in [0.1, 0.15) is 23.9 Å². The van der Waals surface area contributed by atoms with Crippen molar-refractivity contribution < 1.29 is 23.9 Å². The number of esters is 1. The van der Waals surface area contributed by atoms with Crippen molar-refractivity contribution in [1.29, 1.82) is 0 Å². The molecule has 0 saturated heterocycles. The first-order chi connectivity index (χ1) is 17.5. The number of rotatable bonds is 8. The number of oxime groups is 1. The van der Waals surface area contributed by atoms with Crippen molar-refractivity contribution in [3.05, 3.63) is 84.1 Å². The van der Waals surface area contributed by atoms with Crippen LogP contribution in [0.25, 0.3) is 21.7 Å². The third-order valence-corrected chi connectivity index (χ3v) is 6.44. The van der Waals surface area contributed by atoms with E-state index < -0.39 is 18.1 Å². The summed E-state index contributed by atoms with van der Waals surface area (Å²) in [6.45, 7) is 0.0996. The highest BCUT2D eigenvalue weighted by molar-refractivity contribution is 9.18. The van der Waals surface area contributed by atoms with Crippen LogP contribution in [-0.4, -0.2) is 40.4 Å². The maximum atomic E-state index is 13.0. The van der Waals surface area contributed by atoms with Crippen LogP contribution in [0, 0.1) is 0 Å². The Balaban J connectivity index is 1.25. The first-order valence-electron chi connectivity index (χ1n) is 11.6. The molecule has 0 unspecified atom stereocenters. The fraction of sp³-hybridized carbons (Fsp3) is 0.222. The SMILES string of the molecule is O=C(N[C@@H](Cc1c[nH]c2ccccc12)C(=O)OC[C@H]1CC(Br)=NO1)OCc1ccc2ccccc2c1. The molecule has 184 valence electrons. The molecule has 2 atom stereocenters. The molecule has 0 radical (unpaired) electrons. The van der Waals surface area contributed by atoms with Gasteiger partial charge >= 0.3 is 12.1 Å². The van der Waals surface area contributed by atoms with Gasteiger partial charge in [-0.2, -0.15) is 0 Å². The van der Waals surface area contributed by atoms with Crippen LogP contribution < -0.4 is 5.32 Å². The summed E-state index contributed by atoms with van der Waals surface area (Å²) >= 11 is 3.27. The molecule has 1 aromatic heterocycles. The van der Waals surface area contributed by atoms with E-state index in [1.165, 1.54) is 0 Å². The van der Waals surface area contributed by atoms with Gasteiger partial charge in [0.15, 0.2) is 6.10 Å². The van der Waals surface area contributed by atoms with Gasteiger partial charge in [0.05, 0.1) is 0 Å². The van der Waals surface area contributed by atoms with Crippen LogP contribution in [0.15, 0.2) is 78.1 Å². The van der Waals surface area contributed by atoms with Gasteiger partial charge in [0, 0.05) is 29.9 Å². The fourth-order valence-corrected chi connectivity index (χ4v) is 4.58. The van der Waals surface area contributed by atoms with Crippen molar-refractivity contribution in [2.24, 2.45) is 5.16 Å². The molecule has 36 heavy (non-hydrogen) atoms. The molecule has 4 aromatic rings. The molecule has 5 rings (SSSR count). The van der Waals surface area contributed by atoms with Crippen molar-refractivity contribution in [1.82, 2.24) is 10.3 Å². The Labute approximate surface area is 215 Å². The van der Waals surface area contributed by atoms with Gasteiger partial charge in [-0.3, -0.25) is 0 Å². The number of nitrogens with zero attached hydrogens (tertiary/aromatic N) is 1. The monoisotopic (exact) mass is 549 g/mol. The zero-order valence-corrected chi connectivity index (χ0v) is 20.9. The van der Waals surface area contributed by atoms with Crippen LogP contribution in [0.4, 0.5) is 4.79 Å². The number of hydrogen-bond donors (Lipinski definition) is 2. The number of hydrogen-bond acceptors (Lipinski definition) is 6. The van der Waals surface area contributed by atoms with E-state index in [1.54, 1.807) is 0 Å². The van der Waals surface area contributed by atoms with Crippen molar-refractivity contribution in [2.45, 2.75) is 31.6 Å². The molecule has 0 saturated carbocycles. The van der Waals surface area contributed by atoms with Crippen molar-refractivity contribution in [2.75, 3.05) is 6.61 Å². The summed E-state index contributed by atoms with van der Waals surface area (Å²) in [5, 5.41) is 9.62. The second-order valence-electron chi connectivity index (χ2n) is 8.55. The molecule has 2 heterocycles. The highest BCUT2D eigenvalue weighted by Gasteiger charge is 2.27. The molecule has 2 N–H and O–H groups in total. The maximum absolute atomic E-state index is 13.0. The van der Waals surface area contributed by atoms with E-state index in [1.807, 2.05) is 72.9 Å². The van der Waals surface area contributed by atoms with Gasteiger partial charge in [0.2, 0.25) is 0 Å². The molecule has 0 bridgehead atoms. The summed E-state index contributed by atoms with van der Waals surface area (Å²) in [6.07, 6.45) is 1.52. The number of amides is 1. The largest absolute Gasteiger partial charge is 0.460 e. The first kappa shape index (κ1) is 23.9. The van der Waals surface area contributed by atoms with Crippen molar-refractivity contribution in [3.8, 4) is 0 Å². The number of nitrogens with one attached hydrogen (secondary N) is 2. The Kier molecular flexibility index (Phi) is 7.18. The van der Waals surface area contributed by atoms with E-state index in [0.29, 0.717) is 11.0 Å². The average Bonchev–Trinajstić information content (AvgIpc) is 3.51. The molecule has 0 fully saturated rings. The molecule has 0 spiro atoms. The molecule has 1 aliphatic heterocycles. The predicted octanol–water partition coefficient (Wildman–Crippen LogP) is 5.20. The van der Waals surface area contributed by atoms with Gasteiger partial charge in [-0.05, 0) is 50.0 Å². The highest BCUT2D eigenvalue weighted by Crippen LogP contribution is 2.21. The van der Waals surface area contributed by atoms with Gasteiger partial charge in [0.25, 0.3) is 0 Å². The van der Waals surface area contributed by atoms with E-state index in [2.05, 4.69) is 31.4 Å². The Bertz CT molecular complexity index is 1430. The third-order valence-electron chi connectivity index (χ3n) is 5.97. The summed E-state index contributed by atoms with van der Waals surface area (Å²) in [6, 6.07) is 20.7. The van der Waals surface area contributed by atoms with Gasteiger partial charge in [-0.1, -0.05) is 59.8 Å². The van der Waals surface area contributed by atoms with Gasteiger partial charge < -0.3 is 24.6 Å². The lowest BCUT2D eigenvalue weighted by Gasteiger charge is -2.18. The minimum Gasteiger partial charge on any atom is -0.460 e. The smallest absolute Gasteiger partial charge is 0.408 e. The number of H-pyrrole nitrogens is 1. The lowest BCUT2D eigenvalue weighted by Crippen LogP contribution is -2.44. The number of ether oxygens (including phenoxy) is 2. The number of para-hydroxylation sites is 1. The van der Waals surface area contributed by atoms with E-state index in [9.17, 15) is 9.59 Å². The molecule has 3 aromatic carbocycles. The Hall–Kier alpha value is -3.85. The summed E-state index contributed by atoms with van der Waals surface area (Å²) in [7, 11) is 0. The topological polar surface area (TPSA) is 102 Å². The number of aromatic amines is 1. The number of carbonyl (C=O) groups excluding carboxylic acids is 2. The Morgan fingerprint density at radius 2 is 1.89 bits per heavy atom. The normalized spacial score (nSPS) is 15.8. The maximum Gasteiger partial charge on any atom is 0.408 e. The molecule has 8 nitrogen and oxygen atoms in total. The second kappa shape index (κ2) is 10.8. The van der Waals surface area contributed by atoms with Gasteiger partial charge in [-0.15, -0.1) is 0 Å². The van der Waals surface area contributed by atoms with Crippen LogP contribution in [-0.2, 0) is 32.1 Å². The summed E-state index contributed by atoms with van der Waals surface area (Å²) < 4.78 is 11.6. The fourth-order valence-electron chi connectivity index (χ4n) is 4.13. The van der Waals surface area contributed by atoms with Crippen LogP contribution in [0.5, 0.6) is 0 Å². The molecule has 0 aliphatic carbocycles. The average molecular weight is 550 g/mol. The summed E-state index contributed by atoms with van der Waals surface area (Å²) in [5.74, 6) is -0.574. The van der Waals surface area contributed by atoms with E-state index in [4.69, 9.17) is 14.3 Å². The van der Waals surface area contributed by atoms with E-state index >= 15 is 0 Å². The zero-order valence-electron chi connectivity index (χ0n) is 19.3. The number of aromatic nitrogens is 1. The minimum atomic E-state index is -0.945. The van der Waals surface area contributed by atoms with E-state index in [0.717, 1.165) is 32.8 Å². The van der Waals surface area contributed by atoms with Crippen molar-refractivity contribution >= 4 is 54.3 Å². The Morgan fingerprint density at radius 1 is 1.08 bits per heavy atom. The lowest BCUT2D eigenvalue weighted by atomic mass is 10.1. The van der Waals surface area contributed by atoms with Crippen molar-refractivity contribution in [3.63, 3.8) is 0 Å². The Morgan fingerprint density at radius 3 is 2.72 bits per heavy atom. The molecular formula is C27H24BrN3O5. The highest BCUT2D eigenvalue weighted by atomic mass is 79.9. The third kappa shape index (κ3) is 5.68.